The molecule has 1 aliphatic carbocycles. The molecule has 24 heavy (non-hydrogen) atoms. The van der Waals surface area contributed by atoms with Crippen molar-refractivity contribution in [3.8, 4) is 0 Å². The maximum absolute atomic E-state index is 13.1. The molecule has 2 aliphatic rings. The minimum atomic E-state index is -0.0273. The third-order valence-corrected chi connectivity index (χ3v) is 5.82. The molecular formula is C21H25NO2. The van der Waals surface area contributed by atoms with E-state index in [1.54, 1.807) is 0 Å². The summed E-state index contributed by atoms with van der Waals surface area (Å²) in [4.78, 5) is 15.6. The van der Waals surface area contributed by atoms with Crippen LogP contribution in [-0.4, -0.2) is 34.9 Å². The molecule has 0 spiro atoms. The Balaban J connectivity index is 1.60. The molecule has 1 aliphatic heterocycles. The van der Waals surface area contributed by atoms with Crippen molar-refractivity contribution >= 4 is 16.6 Å². The first-order valence-corrected chi connectivity index (χ1v) is 9.17. The molecular weight excluding hydrogens is 298 g/mol. The van der Waals surface area contributed by atoms with Crippen LogP contribution >= 0.6 is 0 Å². The Bertz CT molecular complexity index is 751. The first kappa shape index (κ1) is 15.8. The second-order valence-corrected chi connectivity index (χ2v) is 7.30. The van der Waals surface area contributed by atoms with Gasteiger partial charge in [-0.1, -0.05) is 30.7 Å². The van der Waals surface area contributed by atoms with E-state index in [1.165, 1.54) is 19.3 Å². The number of Topliss-reactive ketones (excluding diaryl/α,β-unsaturated/α-hetero) is 1. The number of aliphatic hydroxyl groups excluding tert-OH is 1. The van der Waals surface area contributed by atoms with Crippen molar-refractivity contribution in [2.75, 3.05) is 13.1 Å². The van der Waals surface area contributed by atoms with E-state index in [4.69, 9.17) is 0 Å². The summed E-state index contributed by atoms with van der Waals surface area (Å²) in [7, 11) is 0. The minimum Gasteiger partial charge on any atom is -0.392 e. The van der Waals surface area contributed by atoms with Crippen LogP contribution in [0.2, 0.25) is 0 Å². The smallest absolute Gasteiger partial charge is 0.167 e. The molecule has 1 unspecified atom stereocenters. The number of ketones is 1. The Hall–Kier alpha value is -1.71. The second-order valence-electron chi connectivity index (χ2n) is 7.30. The van der Waals surface area contributed by atoms with E-state index in [2.05, 4.69) is 4.90 Å². The fraction of sp³-hybridized carbons (Fsp3) is 0.476. The lowest BCUT2D eigenvalue weighted by Crippen LogP contribution is -2.47. The third kappa shape index (κ3) is 2.87. The van der Waals surface area contributed by atoms with Gasteiger partial charge in [-0.05, 0) is 60.7 Å². The molecule has 1 N–H and O–H groups in total. The Morgan fingerprint density at radius 2 is 1.96 bits per heavy atom. The van der Waals surface area contributed by atoms with Crippen LogP contribution in [0.25, 0.3) is 10.8 Å². The van der Waals surface area contributed by atoms with Crippen molar-refractivity contribution in [3.05, 3.63) is 47.5 Å². The number of rotatable bonds is 4. The molecule has 2 aromatic rings. The summed E-state index contributed by atoms with van der Waals surface area (Å²) in [6.45, 7) is 2.03. The molecule has 1 atom stereocenters. The largest absolute Gasteiger partial charge is 0.392 e. The fourth-order valence-corrected chi connectivity index (χ4v) is 4.20. The number of carbonyl (C=O) groups is 1. The zero-order valence-electron chi connectivity index (χ0n) is 14.1. The van der Waals surface area contributed by atoms with Gasteiger partial charge in [0, 0.05) is 24.1 Å². The highest BCUT2D eigenvalue weighted by atomic mass is 16.3. The summed E-state index contributed by atoms with van der Waals surface area (Å²) in [5.74, 6) is 0.353. The predicted molar refractivity (Wildman–Crippen MR) is 96.1 cm³/mol. The minimum absolute atomic E-state index is 0.0273. The van der Waals surface area contributed by atoms with Crippen LogP contribution in [0.1, 0.15) is 48.0 Å². The van der Waals surface area contributed by atoms with Gasteiger partial charge in [-0.2, -0.15) is 0 Å². The molecule has 1 saturated carbocycles. The average Bonchev–Trinajstić information content (AvgIpc) is 2.59. The first-order chi connectivity index (χ1) is 11.8. The van der Waals surface area contributed by atoms with Crippen LogP contribution in [0.4, 0.5) is 0 Å². The summed E-state index contributed by atoms with van der Waals surface area (Å²) in [5.41, 5.74) is 1.61. The number of hydrogen-bond donors (Lipinski definition) is 1. The number of hydrogen-bond acceptors (Lipinski definition) is 3. The molecule has 3 nitrogen and oxygen atoms in total. The number of benzene rings is 2. The van der Waals surface area contributed by atoms with E-state index in [1.807, 2.05) is 36.4 Å². The lowest BCUT2D eigenvalue weighted by Gasteiger charge is -2.42. The highest BCUT2D eigenvalue weighted by Crippen LogP contribution is 2.31. The van der Waals surface area contributed by atoms with Gasteiger partial charge in [0.15, 0.2) is 5.78 Å². The van der Waals surface area contributed by atoms with Crippen LogP contribution in [0.3, 0.4) is 0 Å². The number of carbonyl (C=O) groups excluding carboxylic acids is 1. The van der Waals surface area contributed by atoms with Gasteiger partial charge in [0.05, 0.1) is 6.61 Å². The maximum Gasteiger partial charge on any atom is 0.167 e. The monoisotopic (exact) mass is 323 g/mol. The summed E-state index contributed by atoms with van der Waals surface area (Å²) < 4.78 is 0. The van der Waals surface area contributed by atoms with Gasteiger partial charge in [0.25, 0.3) is 0 Å². The highest BCUT2D eigenvalue weighted by molar-refractivity contribution is 6.02. The predicted octanol–water partition coefficient (Wildman–Crippen LogP) is 3.78. The Morgan fingerprint density at radius 1 is 1.12 bits per heavy atom. The van der Waals surface area contributed by atoms with E-state index in [0.29, 0.717) is 6.04 Å². The maximum atomic E-state index is 13.1. The van der Waals surface area contributed by atoms with Gasteiger partial charge >= 0.3 is 0 Å². The van der Waals surface area contributed by atoms with Gasteiger partial charge in [0.1, 0.15) is 0 Å². The van der Waals surface area contributed by atoms with Gasteiger partial charge in [0.2, 0.25) is 0 Å². The van der Waals surface area contributed by atoms with Crippen molar-refractivity contribution in [1.29, 1.82) is 0 Å². The van der Waals surface area contributed by atoms with Gasteiger partial charge in [-0.15, -0.1) is 0 Å². The summed E-state index contributed by atoms with van der Waals surface area (Å²) >= 11 is 0. The normalized spacial score (nSPS) is 22.5. The van der Waals surface area contributed by atoms with Crippen LogP contribution in [-0.2, 0) is 6.61 Å². The first-order valence-electron chi connectivity index (χ1n) is 9.17. The van der Waals surface area contributed by atoms with Crippen molar-refractivity contribution in [3.63, 3.8) is 0 Å². The molecule has 1 saturated heterocycles. The number of nitrogens with zero attached hydrogens (tertiary/aromatic N) is 1. The topological polar surface area (TPSA) is 40.5 Å². The number of likely N-dealkylation sites (tertiary alicyclic amines) is 1. The standard InChI is InChI=1S/C21H25NO2/c23-14-18-12-17(11-15-5-1-2-9-20(15)18)21(24)16-6-4-10-22(13-16)19-7-3-8-19/h1-2,5,9,11-12,16,19,23H,3-4,6-8,10,13-14H2. The van der Waals surface area contributed by atoms with Crippen LogP contribution in [0.15, 0.2) is 36.4 Å². The second kappa shape index (κ2) is 6.66. The molecule has 2 fully saturated rings. The average molecular weight is 323 g/mol. The van der Waals surface area contributed by atoms with Crippen molar-refractivity contribution in [2.24, 2.45) is 5.92 Å². The number of piperidine rings is 1. The summed E-state index contributed by atoms with van der Waals surface area (Å²) in [6.07, 6.45) is 6.04. The van der Waals surface area contributed by atoms with Crippen molar-refractivity contribution in [2.45, 2.75) is 44.8 Å². The quantitative estimate of drug-likeness (QED) is 0.871. The highest BCUT2D eigenvalue weighted by Gasteiger charge is 2.32. The van der Waals surface area contributed by atoms with E-state index in [-0.39, 0.29) is 18.3 Å². The molecule has 0 amide bonds. The Kier molecular flexibility index (Phi) is 4.38. The molecule has 0 bridgehead atoms. The zero-order valence-corrected chi connectivity index (χ0v) is 14.1. The van der Waals surface area contributed by atoms with Crippen molar-refractivity contribution in [1.82, 2.24) is 4.90 Å². The summed E-state index contributed by atoms with van der Waals surface area (Å²) in [5, 5.41) is 11.8. The molecule has 1 heterocycles. The van der Waals surface area contributed by atoms with E-state index >= 15 is 0 Å². The number of aliphatic hydroxyl groups is 1. The van der Waals surface area contributed by atoms with Gasteiger partial charge < -0.3 is 5.11 Å². The van der Waals surface area contributed by atoms with Crippen LogP contribution < -0.4 is 0 Å². The molecule has 3 heteroatoms. The van der Waals surface area contributed by atoms with E-state index in [0.717, 1.165) is 47.8 Å². The zero-order chi connectivity index (χ0) is 16.5. The van der Waals surface area contributed by atoms with Gasteiger partial charge in [-0.25, -0.2) is 0 Å². The molecule has 0 radical (unpaired) electrons. The van der Waals surface area contributed by atoms with Crippen LogP contribution in [0.5, 0.6) is 0 Å². The Labute approximate surface area is 143 Å². The Morgan fingerprint density at radius 3 is 2.71 bits per heavy atom. The fourth-order valence-electron chi connectivity index (χ4n) is 4.20. The van der Waals surface area contributed by atoms with E-state index < -0.39 is 0 Å². The molecule has 4 rings (SSSR count). The third-order valence-electron chi connectivity index (χ3n) is 5.82. The summed E-state index contributed by atoms with van der Waals surface area (Å²) in [6, 6.07) is 12.6. The molecule has 0 aromatic heterocycles. The SMILES string of the molecule is O=C(c1cc(CO)c2ccccc2c1)C1CCCN(C2CCC2)C1. The van der Waals surface area contributed by atoms with Gasteiger partial charge in [-0.3, -0.25) is 9.69 Å². The number of fused-ring (bicyclic) bond motifs is 1. The van der Waals surface area contributed by atoms with E-state index in [9.17, 15) is 9.90 Å². The molecule has 126 valence electrons. The molecule has 2 aromatic carbocycles. The van der Waals surface area contributed by atoms with Crippen molar-refractivity contribution < 1.29 is 9.90 Å². The lowest BCUT2D eigenvalue weighted by atomic mass is 9.84. The lowest BCUT2D eigenvalue weighted by molar-refractivity contribution is 0.0612. The van der Waals surface area contributed by atoms with Crippen LogP contribution in [0, 0.1) is 5.92 Å².